The standard InChI is InChI=1S/C20H19ClF4N6O/c1-9(2)31-13-4-10(14-11(21)5-27-17(26)28-14)3-12(22)15(13)29-18(31)30-6-19(7-30)8-32-16(19)20(23,24)25/h3-5,9,16H,6-8H2,1-2H3,(H2,26,27,28). The van der Waals surface area contributed by atoms with E-state index in [4.69, 9.17) is 22.1 Å². The number of nitrogen functional groups attached to an aromatic ring is 1. The molecular weight excluding hydrogens is 452 g/mol. The number of ether oxygens (including phenoxy) is 1. The molecule has 2 aliphatic rings. The van der Waals surface area contributed by atoms with Gasteiger partial charge in [-0.2, -0.15) is 13.2 Å². The van der Waals surface area contributed by atoms with Gasteiger partial charge in [-0.05, 0) is 26.0 Å². The predicted octanol–water partition coefficient (Wildman–Crippen LogP) is 4.22. The maximum Gasteiger partial charge on any atom is 0.415 e. The summed E-state index contributed by atoms with van der Waals surface area (Å²) in [5.74, 6) is -0.185. The molecule has 0 amide bonds. The normalized spacial score (nSPS) is 20.1. The molecular formula is C20H19ClF4N6O. The zero-order valence-corrected chi connectivity index (χ0v) is 17.9. The quantitative estimate of drug-likeness (QED) is 0.577. The lowest BCUT2D eigenvalue weighted by molar-refractivity contribution is -0.328. The number of nitrogens with zero attached hydrogens (tertiary/aromatic N) is 5. The Labute approximate surface area is 185 Å². The van der Waals surface area contributed by atoms with Gasteiger partial charge in [0.15, 0.2) is 11.9 Å². The predicted molar refractivity (Wildman–Crippen MR) is 111 cm³/mol. The Hall–Kier alpha value is -2.66. The summed E-state index contributed by atoms with van der Waals surface area (Å²) in [6.45, 7) is 4.10. The van der Waals surface area contributed by atoms with Gasteiger partial charge in [0.1, 0.15) is 5.52 Å². The Balaban J connectivity index is 1.56. The molecule has 32 heavy (non-hydrogen) atoms. The molecule has 0 aliphatic carbocycles. The number of anilines is 2. The largest absolute Gasteiger partial charge is 0.415 e. The van der Waals surface area contributed by atoms with Crippen molar-refractivity contribution >= 4 is 34.5 Å². The molecule has 170 valence electrons. The first-order valence-electron chi connectivity index (χ1n) is 9.93. The molecule has 1 spiro atoms. The van der Waals surface area contributed by atoms with Crippen molar-refractivity contribution in [1.29, 1.82) is 0 Å². The zero-order valence-electron chi connectivity index (χ0n) is 17.1. The number of alkyl halides is 3. The summed E-state index contributed by atoms with van der Waals surface area (Å²) < 4.78 is 61.3. The number of hydrogen-bond acceptors (Lipinski definition) is 6. The number of fused-ring (bicyclic) bond motifs is 1. The molecule has 5 rings (SSSR count). The van der Waals surface area contributed by atoms with Crippen molar-refractivity contribution < 1.29 is 22.3 Å². The van der Waals surface area contributed by atoms with Crippen LogP contribution < -0.4 is 10.6 Å². The summed E-state index contributed by atoms with van der Waals surface area (Å²) in [6, 6.07) is 2.82. The molecule has 0 radical (unpaired) electrons. The third-order valence-corrected chi connectivity index (χ3v) is 6.24. The van der Waals surface area contributed by atoms with E-state index in [1.54, 1.807) is 15.5 Å². The Bertz CT molecular complexity index is 1220. The smallest absolute Gasteiger partial charge is 0.368 e. The van der Waals surface area contributed by atoms with E-state index in [0.29, 0.717) is 17.0 Å². The monoisotopic (exact) mass is 470 g/mol. The molecule has 2 aromatic heterocycles. The first kappa shape index (κ1) is 21.2. The Morgan fingerprint density at radius 3 is 2.56 bits per heavy atom. The highest BCUT2D eigenvalue weighted by Gasteiger charge is 2.66. The molecule has 0 saturated carbocycles. The van der Waals surface area contributed by atoms with Crippen LogP contribution in [0.2, 0.25) is 5.02 Å². The highest BCUT2D eigenvalue weighted by Crippen LogP contribution is 2.51. The molecule has 2 aliphatic heterocycles. The van der Waals surface area contributed by atoms with Crippen molar-refractivity contribution in [3.05, 3.63) is 29.2 Å². The van der Waals surface area contributed by atoms with Gasteiger partial charge in [-0.3, -0.25) is 0 Å². The molecule has 1 aromatic carbocycles. The first-order chi connectivity index (χ1) is 15.0. The van der Waals surface area contributed by atoms with Gasteiger partial charge in [0, 0.05) is 24.7 Å². The highest BCUT2D eigenvalue weighted by molar-refractivity contribution is 6.33. The summed E-state index contributed by atoms with van der Waals surface area (Å²) >= 11 is 6.19. The Morgan fingerprint density at radius 2 is 1.97 bits per heavy atom. The molecule has 1 atom stereocenters. The maximum absolute atomic E-state index is 15.1. The second kappa shape index (κ2) is 6.92. The average Bonchev–Trinajstić information content (AvgIpc) is 3.00. The van der Waals surface area contributed by atoms with Crippen molar-refractivity contribution in [2.24, 2.45) is 5.41 Å². The number of halogens is 5. The molecule has 3 aromatic rings. The third-order valence-electron chi connectivity index (χ3n) is 5.97. The number of hydrogen-bond donors (Lipinski definition) is 1. The van der Waals surface area contributed by atoms with Gasteiger partial charge in [-0.15, -0.1) is 0 Å². The lowest BCUT2D eigenvalue weighted by Crippen LogP contribution is -2.74. The van der Waals surface area contributed by atoms with Gasteiger partial charge < -0.3 is 19.9 Å². The first-order valence-corrected chi connectivity index (χ1v) is 10.3. The summed E-state index contributed by atoms with van der Waals surface area (Å²) in [5.41, 5.74) is 5.96. The number of aromatic nitrogens is 4. The fraction of sp³-hybridized carbons (Fsp3) is 0.450. The Kier molecular flexibility index (Phi) is 4.58. The number of nitrogens with two attached hydrogens (primary N) is 1. The fourth-order valence-electron chi connectivity index (χ4n) is 4.55. The number of benzene rings is 1. The van der Waals surface area contributed by atoms with Crippen LogP contribution in [0.5, 0.6) is 0 Å². The van der Waals surface area contributed by atoms with E-state index in [2.05, 4.69) is 15.0 Å². The van der Waals surface area contributed by atoms with Crippen LogP contribution in [0.3, 0.4) is 0 Å². The molecule has 4 heterocycles. The zero-order chi connectivity index (χ0) is 23.0. The number of rotatable bonds is 3. The van der Waals surface area contributed by atoms with Gasteiger partial charge in [0.05, 0.1) is 34.5 Å². The summed E-state index contributed by atoms with van der Waals surface area (Å²) in [5, 5.41) is 0.210. The van der Waals surface area contributed by atoms with Crippen molar-refractivity contribution in [1.82, 2.24) is 19.5 Å². The van der Waals surface area contributed by atoms with E-state index in [0.717, 1.165) is 0 Å². The third kappa shape index (κ3) is 3.09. The minimum absolute atomic E-state index is 0.00391. The molecule has 12 heteroatoms. The minimum Gasteiger partial charge on any atom is -0.368 e. The SMILES string of the molecule is CC(C)n1c(N2CC3(COC3C(F)(F)F)C2)nc2c(F)cc(-c3nc(N)ncc3Cl)cc21. The summed E-state index contributed by atoms with van der Waals surface area (Å²) in [7, 11) is 0. The van der Waals surface area contributed by atoms with Gasteiger partial charge in [-0.1, -0.05) is 11.6 Å². The highest BCUT2D eigenvalue weighted by atomic mass is 35.5. The van der Waals surface area contributed by atoms with Crippen molar-refractivity contribution in [3.63, 3.8) is 0 Å². The van der Waals surface area contributed by atoms with Crippen LogP contribution in [0, 0.1) is 11.2 Å². The van der Waals surface area contributed by atoms with Gasteiger partial charge in [-0.25, -0.2) is 19.3 Å². The maximum atomic E-state index is 15.1. The van der Waals surface area contributed by atoms with Gasteiger partial charge in [0.25, 0.3) is 0 Å². The average molecular weight is 471 g/mol. The second-order valence-corrected chi connectivity index (χ2v) is 8.98. The van der Waals surface area contributed by atoms with E-state index in [1.165, 1.54) is 12.3 Å². The molecule has 0 bridgehead atoms. The van der Waals surface area contributed by atoms with Crippen LogP contribution in [0.15, 0.2) is 18.3 Å². The Morgan fingerprint density at radius 1 is 1.25 bits per heavy atom. The van der Waals surface area contributed by atoms with E-state index in [9.17, 15) is 13.2 Å². The van der Waals surface area contributed by atoms with Crippen LogP contribution in [-0.2, 0) is 4.74 Å². The fourth-order valence-corrected chi connectivity index (χ4v) is 4.75. The molecule has 2 saturated heterocycles. The van der Waals surface area contributed by atoms with Gasteiger partial charge in [0.2, 0.25) is 11.9 Å². The molecule has 2 fully saturated rings. The van der Waals surface area contributed by atoms with Crippen molar-refractivity contribution in [3.8, 4) is 11.3 Å². The van der Waals surface area contributed by atoms with Crippen LogP contribution in [0.1, 0.15) is 19.9 Å². The topological polar surface area (TPSA) is 82.1 Å². The van der Waals surface area contributed by atoms with Crippen molar-refractivity contribution in [2.75, 3.05) is 30.3 Å². The van der Waals surface area contributed by atoms with Gasteiger partial charge >= 0.3 is 6.18 Å². The van der Waals surface area contributed by atoms with Crippen LogP contribution in [0.4, 0.5) is 29.5 Å². The van der Waals surface area contributed by atoms with Crippen LogP contribution >= 0.6 is 11.6 Å². The molecule has 7 nitrogen and oxygen atoms in total. The van der Waals surface area contributed by atoms with Crippen LogP contribution in [0.25, 0.3) is 22.3 Å². The van der Waals surface area contributed by atoms with Crippen molar-refractivity contribution in [2.45, 2.75) is 32.2 Å². The number of imidazole rings is 1. The lowest BCUT2D eigenvalue weighted by atomic mass is 9.71. The lowest BCUT2D eigenvalue weighted by Gasteiger charge is -2.59. The van der Waals surface area contributed by atoms with E-state index >= 15 is 4.39 Å². The van der Waals surface area contributed by atoms with E-state index in [1.807, 2.05) is 13.8 Å². The van der Waals surface area contributed by atoms with E-state index in [-0.39, 0.29) is 47.9 Å². The summed E-state index contributed by atoms with van der Waals surface area (Å²) in [4.78, 5) is 14.1. The van der Waals surface area contributed by atoms with Crippen LogP contribution in [-0.4, -0.2) is 51.5 Å². The molecule has 2 N–H and O–H groups in total. The van der Waals surface area contributed by atoms with E-state index < -0.39 is 23.5 Å². The minimum atomic E-state index is -4.41. The molecule has 1 unspecified atom stereocenters. The second-order valence-electron chi connectivity index (χ2n) is 8.58. The summed E-state index contributed by atoms with van der Waals surface area (Å²) in [6.07, 6.45) is -4.86.